The van der Waals surface area contributed by atoms with Crippen LogP contribution in [0, 0.1) is 10.1 Å². The molecule has 1 rings (SSSR count). The molecule has 1 atom stereocenters. The number of nitrogens with two attached hydrogens (primary N) is 1. The molecule has 0 saturated carbocycles. The average Bonchev–Trinajstić information content (AvgIpc) is 2.35. The maximum absolute atomic E-state index is 12.1. The fourth-order valence-corrected chi connectivity index (χ4v) is 2.75. The molecule has 116 valence electrons. The van der Waals surface area contributed by atoms with Crippen LogP contribution in [0.3, 0.4) is 0 Å². The number of nitrogen functional groups attached to an aromatic ring is 1. The summed E-state index contributed by atoms with van der Waals surface area (Å²) in [6.07, 6.45) is 1.05. The summed E-state index contributed by atoms with van der Waals surface area (Å²) in [5, 5.41) is 13.2. The quantitative estimate of drug-likeness (QED) is 0.382. The number of rotatable bonds is 6. The lowest BCUT2D eigenvalue weighted by Gasteiger charge is -2.14. The van der Waals surface area contributed by atoms with E-state index in [0.29, 0.717) is 0 Å². The van der Waals surface area contributed by atoms with E-state index in [1.165, 1.54) is 19.1 Å². The molecule has 9 nitrogen and oxygen atoms in total. The number of nitrogens with zero attached hydrogens (tertiary/aromatic N) is 1. The van der Waals surface area contributed by atoms with Gasteiger partial charge in [-0.15, -0.1) is 0 Å². The number of carbonyl (C=O) groups is 1. The van der Waals surface area contributed by atoms with Crippen LogP contribution < -0.4 is 16.6 Å². The van der Waals surface area contributed by atoms with Gasteiger partial charge in [0.1, 0.15) is 9.84 Å². The van der Waals surface area contributed by atoms with Gasteiger partial charge in [-0.1, -0.05) is 0 Å². The van der Waals surface area contributed by atoms with Crippen molar-refractivity contribution in [2.75, 3.05) is 17.4 Å². The Bertz CT molecular complexity index is 659. The van der Waals surface area contributed by atoms with Crippen molar-refractivity contribution in [3.8, 4) is 0 Å². The van der Waals surface area contributed by atoms with Gasteiger partial charge < -0.3 is 10.7 Å². The third kappa shape index (κ3) is 5.00. The largest absolute Gasteiger partial charge is 0.348 e. The van der Waals surface area contributed by atoms with Crippen molar-refractivity contribution in [1.82, 2.24) is 5.32 Å². The molecule has 0 aliphatic carbocycles. The number of nitro benzene ring substituents is 1. The van der Waals surface area contributed by atoms with Crippen LogP contribution in [0.5, 0.6) is 0 Å². The number of hydrogen-bond acceptors (Lipinski definition) is 7. The zero-order valence-electron chi connectivity index (χ0n) is 11.5. The monoisotopic (exact) mass is 316 g/mol. The lowest BCUT2D eigenvalue weighted by Crippen LogP contribution is -2.37. The van der Waals surface area contributed by atoms with Gasteiger partial charge in [-0.2, -0.15) is 0 Å². The standard InChI is InChI=1S/C11H16N4O5S/c1-7(6-21(2,19)20)13-11(16)9-5-8(15(17)18)3-4-10(9)14-12/h3-5,7,14H,6,12H2,1-2H3,(H,13,16). The highest BCUT2D eigenvalue weighted by atomic mass is 32.2. The van der Waals surface area contributed by atoms with E-state index in [-0.39, 0.29) is 22.7 Å². The molecule has 0 aromatic heterocycles. The van der Waals surface area contributed by atoms with E-state index < -0.39 is 26.7 Å². The number of hydrazine groups is 1. The molecule has 1 aromatic carbocycles. The molecular formula is C11H16N4O5S. The zero-order valence-corrected chi connectivity index (χ0v) is 12.3. The Hall–Kier alpha value is -2.20. The smallest absolute Gasteiger partial charge is 0.270 e. The van der Waals surface area contributed by atoms with E-state index in [4.69, 9.17) is 5.84 Å². The van der Waals surface area contributed by atoms with E-state index in [0.717, 1.165) is 12.3 Å². The highest BCUT2D eigenvalue weighted by Gasteiger charge is 2.19. The Labute approximate surface area is 121 Å². The highest BCUT2D eigenvalue weighted by Crippen LogP contribution is 2.21. The Balaban J connectivity index is 3.00. The van der Waals surface area contributed by atoms with Crippen LogP contribution in [-0.4, -0.2) is 37.3 Å². The van der Waals surface area contributed by atoms with Gasteiger partial charge in [-0.3, -0.25) is 20.8 Å². The van der Waals surface area contributed by atoms with Gasteiger partial charge in [0.15, 0.2) is 0 Å². The van der Waals surface area contributed by atoms with Gasteiger partial charge in [0.25, 0.3) is 11.6 Å². The lowest BCUT2D eigenvalue weighted by atomic mass is 10.1. The molecular weight excluding hydrogens is 300 g/mol. The maximum Gasteiger partial charge on any atom is 0.270 e. The second-order valence-electron chi connectivity index (χ2n) is 4.60. The van der Waals surface area contributed by atoms with E-state index in [1.54, 1.807) is 0 Å². The number of carbonyl (C=O) groups excluding carboxylic acids is 1. The first-order chi connectivity index (χ1) is 9.64. The molecule has 0 heterocycles. The van der Waals surface area contributed by atoms with E-state index in [9.17, 15) is 23.3 Å². The molecule has 0 saturated heterocycles. The highest BCUT2D eigenvalue weighted by molar-refractivity contribution is 7.90. The molecule has 4 N–H and O–H groups in total. The van der Waals surface area contributed by atoms with Gasteiger partial charge in [-0.05, 0) is 13.0 Å². The maximum atomic E-state index is 12.1. The third-order valence-corrected chi connectivity index (χ3v) is 3.65. The van der Waals surface area contributed by atoms with Crippen LogP contribution in [0.25, 0.3) is 0 Å². The van der Waals surface area contributed by atoms with Gasteiger partial charge in [0.2, 0.25) is 0 Å². The van der Waals surface area contributed by atoms with Crippen LogP contribution in [0.2, 0.25) is 0 Å². The molecule has 10 heteroatoms. The number of nitrogens with one attached hydrogen (secondary N) is 2. The van der Waals surface area contributed by atoms with Crippen molar-refractivity contribution >= 4 is 27.1 Å². The fourth-order valence-electron chi connectivity index (χ4n) is 1.76. The average molecular weight is 316 g/mol. The molecule has 21 heavy (non-hydrogen) atoms. The number of nitro groups is 1. The number of sulfone groups is 1. The summed E-state index contributed by atoms with van der Waals surface area (Å²) in [6.45, 7) is 1.52. The van der Waals surface area contributed by atoms with Crippen molar-refractivity contribution in [2.24, 2.45) is 5.84 Å². The SMILES string of the molecule is CC(CS(C)(=O)=O)NC(=O)c1cc([N+](=O)[O-])ccc1NN. The Morgan fingerprint density at radius 1 is 1.48 bits per heavy atom. The second kappa shape index (κ2) is 6.50. The first-order valence-electron chi connectivity index (χ1n) is 5.87. The minimum Gasteiger partial charge on any atom is -0.348 e. The summed E-state index contributed by atoms with van der Waals surface area (Å²) in [5.41, 5.74) is 2.16. The Morgan fingerprint density at radius 2 is 2.10 bits per heavy atom. The number of benzene rings is 1. The van der Waals surface area contributed by atoms with E-state index >= 15 is 0 Å². The fraction of sp³-hybridized carbons (Fsp3) is 0.364. The zero-order chi connectivity index (χ0) is 16.2. The summed E-state index contributed by atoms with van der Waals surface area (Å²) in [6, 6.07) is 2.93. The summed E-state index contributed by atoms with van der Waals surface area (Å²) in [5.74, 6) is 4.36. The molecule has 1 unspecified atom stereocenters. The van der Waals surface area contributed by atoms with Crippen LogP contribution in [0.15, 0.2) is 18.2 Å². The topological polar surface area (TPSA) is 144 Å². The number of amides is 1. The summed E-state index contributed by atoms with van der Waals surface area (Å²) in [7, 11) is -3.25. The number of hydrogen-bond donors (Lipinski definition) is 3. The molecule has 0 bridgehead atoms. The van der Waals surface area contributed by atoms with E-state index in [2.05, 4.69) is 10.7 Å². The van der Waals surface area contributed by atoms with Crippen LogP contribution >= 0.6 is 0 Å². The molecule has 0 aliphatic heterocycles. The predicted octanol–water partition coefficient (Wildman–Crippen LogP) is 0.0433. The number of anilines is 1. The molecule has 0 radical (unpaired) electrons. The first-order valence-corrected chi connectivity index (χ1v) is 7.93. The van der Waals surface area contributed by atoms with Crippen molar-refractivity contribution in [3.63, 3.8) is 0 Å². The molecule has 0 spiro atoms. The molecule has 0 aliphatic rings. The number of non-ortho nitro benzene ring substituents is 1. The van der Waals surface area contributed by atoms with Crippen molar-refractivity contribution in [2.45, 2.75) is 13.0 Å². The Kier molecular flexibility index (Phi) is 5.22. The minimum absolute atomic E-state index is 0.0351. The summed E-state index contributed by atoms with van der Waals surface area (Å²) < 4.78 is 22.3. The predicted molar refractivity (Wildman–Crippen MR) is 77.5 cm³/mol. The second-order valence-corrected chi connectivity index (χ2v) is 6.78. The minimum atomic E-state index is -3.25. The first kappa shape index (κ1) is 16.9. The summed E-state index contributed by atoms with van der Waals surface area (Å²) in [4.78, 5) is 22.2. The summed E-state index contributed by atoms with van der Waals surface area (Å²) >= 11 is 0. The third-order valence-electron chi connectivity index (χ3n) is 2.54. The Morgan fingerprint density at radius 3 is 2.57 bits per heavy atom. The van der Waals surface area contributed by atoms with Gasteiger partial charge in [-0.25, -0.2) is 8.42 Å². The van der Waals surface area contributed by atoms with Crippen LogP contribution in [0.4, 0.5) is 11.4 Å². The van der Waals surface area contributed by atoms with Crippen molar-refractivity contribution in [3.05, 3.63) is 33.9 Å². The molecule has 1 amide bonds. The lowest BCUT2D eigenvalue weighted by molar-refractivity contribution is -0.384. The van der Waals surface area contributed by atoms with Crippen molar-refractivity contribution in [1.29, 1.82) is 0 Å². The van der Waals surface area contributed by atoms with Crippen molar-refractivity contribution < 1.29 is 18.1 Å². The normalized spacial score (nSPS) is 12.5. The molecule has 1 aromatic rings. The van der Waals surface area contributed by atoms with Crippen LogP contribution in [-0.2, 0) is 9.84 Å². The van der Waals surface area contributed by atoms with Gasteiger partial charge in [0, 0.05) is 24.4 Å². The van der Waals surface area contributed by atoms with Gasteiger partial charge in [0.05, 0.1) is 21.9 Å². The van der Waals surface area contributed by atoms with Gasteiger partial charge >= 0.3 is 0 Å². The van der Waals surface area contributed by atoms with E-state index in [1.807, 2.05) is 0 Å². The van der Waals surface area contributed by atoms with Crippen LogP contribution in [0.1, 0.15) is 17.3 Å². The molecule has 0 fully saturated rings.